The van der Waals surface area contributed by atoms with E-state index in [0.29, 0.717) is 42.5 Å². The van der Waals surface area contributed by atoms with Gasteiger partial charge in [-0.1, -0.05) is 36.7 Å². The van der Waals surface area contributed by atoms with E-state index in [1.807, 2.05) is 31.2 Å². The molecule has 2 N–H and O–H groups in total. The Labute approximate surface area is 276 Å². The Bertz CT molecular complexity index is 1720. The van der Waals surface area contributed by atoms with Crippen LogP contribution in [0.15, 0.2) is 67.3 Å². The van der Waals surface area contributed by atoms with E-state index in [-0.39, 0.29) is 23.3 Å². The molecule has 2 aromatic carbocycles. The molecular weight excluding hydrogens is 624 g/mol. The van der Waals surface area contributed by atoms with Crippen LogP contribution in [0, 0.1) is 17.8 Å². The summed E-state index contributed by atoms with van der Waals surface area (Å²) >= 11 is 6.34. The average Bonchev–Trinajstić information content (AvgIpc) is 3.05. The van der Waals surface area contributed by atoms with Crippen LogP contribution in [-0.4, -0.2) is 47.7 Å². The summed E-state index contributed by atoms with van der Waals surface area (Å²) in [5.41, 5.74) is 2.46. The molecule has 11 heteroatoms. The zero-order valence-corrected chi connectivity index (χ0v) is 27.8. The van der Waals surface area contributed by atoms with Gasteiger partial charge in [-0.2, -0.15) is 0 Å². The van der Waals surface area contributed by atoms with Gasteiger partial charge < -0.3 is 14.7 Å². The molecule has 3 heterocycles. The molecule has 6 rings (SSSR count). The van der Waals surface area contributed by atoms with Crippen LogP contribution in [0.3, 0.4) is 0 Å². The molecule has 1 aliphatic carbocycles. The van der Waals surface area contributed by atoms with Gasteiger partial charge in [-0.3, -0.25) is 4.79 Å². The number of carbonyl (C=O) groups is 1. The molecule has 0 saturated heterocycles. The van der Waals surface area contributed by atoms with Crippen molar-refractivity contribution in [3.05, 3.63) is 94.5 Å². The number of hydrogen-bond donors (Lipinski definition) is 2. The summed E-state index contributed by atoms with van der Waals surface area (Å²) in [5, 5.41) is 12.2. The molecule has 3 aromatic rings. The molecule has 2 aliphatic heterocycles. The number of carbonyl (C=O) groups excluding carboxylic acids is 1. The van der Waals surface area contributed by atoms with Crippen LogP contribution in [0.5, 0.6) is 5.75 Å². The number of anilines is 1. The van der Waals surface area contributed by atoms with Crippen molar-refractivity contribution in [3.8, 4) is 5.75 Å². The van der Waals surface area contributed by atoms with Gasteiger partial charge >= 0.3 is 0 Å². The Morgan fingerprint density at radius 3 is 2.63 bits per heavy atom. The van der Waals surface area contributed by atoms with Crippen LogP contribution in [0.1, 0.15) is 73.0 Å². The molecule has 2 bridgehead atoms. The van der Waals surface area contributed by atoms with Gasteiger partial charge in [0.2, 0.25) is 10.0 Å². The number of allylic oxidation sites excluding steroid dienone is 1. The summed E-state index contributed by atoms with van der Waals surface area (Å²) in [6.07, 6.45) is 13.2. The number of nitrogens with zero attached hydrogens (tertiary/aromatic N) is 3. The largest absolute Gasteiger partial charge is 0.487 e. The summed E-state index contributed by atoms with van der Waals surface area (Å²) in [5.74, 6) is -0.367. The van der Waals surface area contributed by atoms with Gasteiger partial charge in [-0.15, -0.1) is 0 Å². The van der Waals surface area contributed by atoms with E-state index in [4.69, 9.17) is 16.3 Å². The molecule has 0 radical (unpaired) electrons. The van der Waals surface area contributed by atoms with Crippen molar-refractivity contribution in [1.29, 1.82) is 0 Å². The molecule has 244 valence electrons. The third-order valence-corrected chi connectivity index (χ3v) is 12.3. The molecule has 1 saturated carbocycles. The quantitative estimate of drug-likeness (QED) is 0.313. The van der Waals surface area contributed by atoms with Crippen molar-refractivity contribution in [2.24, 2.45) is 17.8 Å². The lowest BCUT2D eigenvalue weighted by atomic mass is 9.62. The molecule has 9 nitrogen and oxygen atoms in total. The van der Waals surface area contributed by atoms with E-state index in [1.165, 1.54) is 6.33 Å². The van der Waals surface area contributed by atoms with E-state index in [0.717, 1.165) is 48.9 Å². The predicted molar refractivity (Wildman–Crippen MR) is 178 cm³/mol. The highest BCUT2D eigenvalue weighted by molar-refractivity contribution is 7.90. The first-order valence-electron chi connectivity index (χ1n) is 16.1. The van der Waals surface area contributed by atoms with Gasteiger partial charge in [0, 0.05) is 47.6 Å². The lowest BCUT2D eigenvalue weighted by Crippen LogP contribution is -2.48. The summed E-state index contributed by atoms with van der Waals surface area (Å²) in [4.78, 5) is 24.1. The normalized spacial score (nSPS) is 29.0. The van der Waals surface area contributed by atoms with E-state index in [2.05, 4.69) is 19.6 Å². The van der Waals surface area contributed by atoms with E-state index < -0.39 is 26.8 Å². The molecule has 1 aromatic heterocycles. The van der Waals surface area contributed by atoms with Crippen LogP contribution in [0.25, 0.3) is 0 Å². The summed E-state index contributed by atoms with van der Waals surface area (Å²) in [6, 6.07) is 11.0. The molecule has 1 amide bonds. The third kappa shape index (κ3) is 6.66. The topological polar surface area (TPSA) is 122 Å². The first kappa shape index (κ1) is 32.5. The second-order valence-corrected chi connectivity index (χ2v) is 15.5. The van der Waals surface area contributed by atoms with Gasteiger partial charge in [-0.25, -0.2) is 23.1 Å². The molecular formula is C35H41ClN4O5S. The van der Waals surface area contributed by atoms with E-state index in [1.54, 1.807) is 43.6 Å². The van der Waals surface area contributed by atoms with Crippen molar-refractivity contribution >= 4 is 33.2 Å². The number of sulfonamides is 1. The molecule has 1 fully saturated rings. The first-order chi connectivity index (χ1) is 22.0. The monoisotopic (exact) mass is 664 g/mol. The number of fused-ring (bicyclic) bond motifs is 3. The van der Waals surface area contributed by atoms with E-state index >= 15 is 0 Å². The second-order valence-electron chi connectivity index (χ2n) is 13.0. The van der Waals surface area contributed by atoms with Crippen molar-refractivity contribution < 1.29 is 23.1 Å². The summed E-state index contributed by atoms with van der Waals surface area (Å²) in [7, 11) is -4.00. The van der Waals surface area contributed by atoms with Gasteiger partial charge in [0.15, 0.2) is 0 Å². The van der Waals surface area contributed by atoms with Crippen LogP contribution >= 0.6 is 11.6 Å². The number of hydrogen-bond acceptors (Lipinski definition) is 8. The van der Waals surface area contributed by atoms with Gasteiger partial charge in [-0.05, 0) is 98.7 Å². The van der Waals surface area contributed by atoms with Crippen molar-refractivity contribution in [2.45, 2.75) is 69.8 Å². The van der Waals surface area contributed by atoms with Gasteiger partial charge in [0.05, 0.1) is 10.9 Å². The highest BCUT2D eigenvalue weighted by Crippen LogP contribution is 2.49. The third-order valence-electron chi connectivity index (χ3n) is 10.1. The lowest BCUT2D eigenvalue weighted by Gasteiger charge is -2.48. The Morgan fingerprint density at radius 1 is 1.07 bits per heavy atom. The Kier molecular flexibility index (Phi) is 9.41. The predicted octanol–water partition coefficient (Wildman–Crippen LogP) is 5.81. The van der Waals surface area contributed by atoms with Crippen LogP contribution in [0.4, 0.5) is 5.69 Å². The van der Waals surface area contributed by atoms with Crippen LogP contribution < -0.4 is 14.4 Å². The number of halogens is 1. The number of nitrogens with one attached hydrogen (secondary N) is 1. The summed E-state index contributed by atoms with van der Waals surface area (Å²) in [6.45, 7) is 5.08. The molecule has 5 atom stereocenters. The molecule has 0 unspecified atom stereocenters. The van der Waals surface area contributed by atoms with Crippen molar-refractivity contribution in [1.82, 2.24) is 14.7 Å². The number of ether oxygens (including phenoxy) is 1. The number of benzene rings is 2. The number of aromatic nitrogens is 2. The zero-order chi connectivity index (χ0) is 32.5. The number of amides is 1. The number of aliphatic hydroxyl groups is 1. The van der Waals surface area contributed by atoms with Crippen LogP contribution in [-0.2, 0) is 28.7 Å². The van der Waals surface area contributed by atoms with Crippen molar-refractivity contribution in [3.63, 3.8) is 0 Å². The Hall–Kier alpha value is -3.47. The van der Waals surface area contributed by atoms with Gasteiger partial charge in [0.25, 0.3) is 5.91 Å². The maximum Gasteiger partial charge on any atom is 0.264 e. The Balaban J connectivity index is 1.43. The lowest BCUT2D eigenvalue weighted by molar-refractivity contribution is -0.0503. The Morgan fingerprint density at radius 2 is 1.87 bits per heavy atom. The fourth-order valence-electron chi connectivity index (χ4n) is 6.91. The fraction of sp³-hybridized carbons (Fsp3) is 0.457. The highest BCUT2D eigenvalue weighted by Gasteiger charge is 2.47. The van der Waals surface area contributed by atoms with Gasteiger partial charge in [0.1, 0.15) is 24.3 Å². The minimum Gasteiger partial charge on any atom is -0.487 e. The maximum absolute atomic E-state index is 13.4. The minimum atomic E-state index is -4.00. The summed E-state index contributed by atoms with van der Waals surface area (Å²) < 4.78 is 35.5. The minimum absolute atomic E-state index is 0.112. The number of rotatable bonds is 1. The smallest absolute Gasteiger partial charge is 0.264 e. The average molecular weight is 665 g/mol. The molecule has 46 heavy (non-hydrogen) atoms. The highest BCUT2D eigenvalue weighted by atomic mass is 35.5. The SMILES string of the molecule is C[C@@H]1[C@@H](C)C/C=C/[C@](O)(c2cncnc2)[C@@H]2CC[C@H]2CN2CCCCc3cc(Cl)ccc3COc3ccc(cc32)C(=O)NS1(=O)=O. The second kappa shape index (κ2) is 13.3. The van der Waals surface area contributed by atoms with E-state index in [9.17, 15) is 18.3 Å². The van der Waals surface area contributed by atoms with Crippen LogP contribution in [0.2, 0.25) is 5.02 Å². The fourth-order valence-corrected chi connectivity index (χ4v) is 8.39. The molecule has 0 spiro atoms. The first-order valence-corrected chi connectivity index (χ1v) is 18.0. The standard InChI is InChI=1S/C35H41ClN4O5S/c1-23-6-5-14-35(42,29-18-37-22-38-19-29)31-12-9-27(31)20-40-15-4-3-7-25-16-30(36)11-8-28(25)21-45-33-13-10-26(17-32(33)40)34(41)39-46(43,44)24(23)2/h5,8,10-11,13-14,16-19,22-24,27,31,42H,3-4,6-7,9,12,15,20-21H2,1-2H3,(H,39,41)/b14-5+/t23-,24+,27-,31+,35-/m0/s1. The molecule has 3 aliphatic rings. The van der Waals surface area contributed by atoms with Crippen molar-refractivity contribution in [2.75, 3.05) is 18.0 Å². The zero-order valence-electron chi connectivity index (χ0n) is 26.2. The number of aryl methyl sites for hydroxylation is 1. The maximum atomic E-state index is 13.4.